The number of hydrogen-bond acceptors (Lipinski definition) is 2. The van der Waals surface area contributed by atoms with Crippen molar-refractivity contribution >= 4 is 5.97 Å². The molecule has 114 valence electrons. The molecule has 3 nitrogen and oxygen atoms in total. The number of rotatable bonds is 5. The highest BCUT2D eigenvalue weighted by molar-refractivity contribution is 5.80. The summed E-state index contributed by atoms with van der Waals surface area (Å²) < 4.78 is 43.0. The fourth-order valence-corrected chi connectivity index (χ4v) is 1.62. The largest absolute Gasteiger partial charge is 0.487 e. The number of allylic oxidation sites excluding steroid dienone is 2. The van der Waals surface area contributed by atoms with Crippen molar-refractivity contribution in [2.24, 2.45) is 0 Å². The van der Waals surface area contributed by atoms with Gasteiger partial charge in [0.25, 0.3) is 0 Å². The zero-order valence-corrected chi connectivity index (χ0v) is 11.5. The second kappa shape index (κ2) is 6.97. The Labute approximate surface area is 120 Å². The first-order valence-electron chi connectivity index (χ1n) is 6.12. The second-order valence-electron chi connectivity index (χ2n) is 4.43. The van der Waals surface area contributed by atoms with Gasteiger partial charge in [0, 0.05) is 6.08 Å². The third kappa shape index (κ3) is 6.16. The van der Waals surface area contributed by atoms with Crippen LogP contribution < -0.4 is 4.74 Å². The van der Waals surface area contributed by atoms with E-state index in [4.69, 9.17) is 9.84 Å². The third-order valence-electron chi connectivity index (χ3n) is 2.47. The number of alkyl halides is 3. The molecule has 0 radical (unpaired) electrons. The van der Waals surface area contributed by atoms with E-state index in [0.29, 0.717) is 5.57 Å². The van der Waals surface area contributed by atoms with E-state index in [-0.39, 0.29) is 5.75 Å². The number of carboxylic acids is 1. The van der Waals surface area contributed by atoms with Crippen LogP contribution in [0.3, 0.4) is 0 Å². The monoisotopic (exact) mass is 300 g/mol. The van der Waals surface area contributed by atoms with Gasteiger partial charge in [-0.1, -0.05) is 17.7 Å². The van der Waals surface area contributed by atoms with E-state index in [0.717, 1.165) is 18.2 Å². The first kappa shape index (κ1) is 16.8. The van der Waals surface area contributed by atoms with Crippen LogP contribution in [0.15, 0.2) is 48.1 Å². The molecule has 0 aromatic heterocycles. The first-order valence-corrected chi connectivity index (χ1v) is 6.12. The van der Waals surface area contributed by atoms with Gasteiger partial charge in [0.05, 0.1) is 5.56 Å². The molecule has 0 spiro atoms. The Kier molecular flexibility index (Phi) is 5.58. The summed E-state index contributed by atoms with van der Waals surface area (Å²) >= 11 is 0. The number of ether oxygens (including phenoxy) is 1. The number of hydrogen-bond donors (Lipinski definition) is 1. The molecule has 1 atom stereocenters. The summed E-state index contributed by atoms with van der Waals surface area (Å²) in [5, 5.41) is 8.49. The highest BCUT2D eigenvalue weighted by atomic mass is 19.4. The Morgan fingerprint density at radius 2 is 2.00 bits per heavy atom. The predicted molar refractivity (Wildman–Crippen MR) is 72.1 cm³/mol. The molecule has 1 N–H and O–H groups in total. The molecule has 1 aromatic rings. The number of aliphatic carboxylic acids is 1. The fourth-order valence-electron chi connectivity index (χ4n) is 1.62. The maximum absolute atomic E-state index is 12.6. The minimum absolute atomic E-state index is 0.101. The van der Waals surface area contributed by atoms with Crippen molar-refractivity contribution in [2.75, 3.05) is 0 Å². The minimum atomic E-state index is -4.42. The topological polar surface area (TPSA) is 46.5 Å². The van der Waals surface area contributed by atoms with Gasteiger partial charge in [0.1, 0.15) is 11.9 Å². The summed E-state index contributed by atoms with van der Waals surface area (Å²) in [5.41, 5.74) is -0.143. The molecular weight excluding hydrogens is 285 g/mol. The Hall–Kier alpha value is -2.24. The molecule has 1 rings (SSSR count). The van der Waals surface area contributed by atoms with Crippen molar-refractivity contribution in [1.29, 1.82) is 0 Å². The zero-order valence-electron chi connectivity index (χ0n) is 11.5. The van der Waals surface area contributed by atoms with Gasteiger partial charge in [-0.15, -0.1) is 0 Å². The molecule has 0 aliphatic heterocycles. The minimum Gasteiger partial charge on any atom is -0.487 e. The molecule has 0 aliphatic rings. The van der Waals surface area contributed by atoms with Crippen LogP contribution in [0.1, 0.15) is 19.4 Å². The molecular formula is C15H15F3O3. The van der Waals surface area contributed by atoms with Gasteiger partial charge in [-0.25, -0.2) is 4.79 Å². The van der Waals surface area contributed by atoms with E-state index in [2.05, 4.69) is 0 Å². The van der Waals surface area contributed by atoms with Crippen molar-refractivity contribution in [1.82, 2.24) is 0 Å². The van der Waals surface area contributed by atoms with Crippen molar-refractivity contribution in [3.05, 3.63) is 53.6 Å². The van der Waals surface area contributed by atoms with E-state index in [9.17, 15) is 18.0 Å². The van der Waals surface area contributed by atoms with Crippen LogP contribution >= 0.6 is 0 Å². The zero-order chi connectivity index (χ0) is 16.0. The van der Waals surface area contributed by atoms with Gasteiger partial charge in [-0.2, -0.15) is 13.2 Å². The molecule has 0 aliphatic carbocycles. The third-order valence-corrected chi connectivity index (χ3v) is 2.47. The van der Waals surface area contributed by atoms with E-state index in [1.54, 1.807) is 19.9 Å². The van der Waals surface area contributed by atoms with Crippen molar-refractivity contribution in [3.63, 3.8) is 0 Å². The SMILES string of the molecule is CC(/C=C/C(=O)O)=C\C(C)Oc1cccc(C(F)(F)F)c1. The molecule has 0 heterocycles. The van der Waals surface area contributed by atoms with Gasteiger partial charge >= 0.3 is 12.1 Å². The van der Waals surface area contributed by atoms with Crippen LogP contribution in [0.5, 0.6) is 5.75 Å². The second-order valence-corrected chi connectivity index (χ2v) is 4.43. The summed E-state index contributed by atoms with van der Waals surface area (Å²) in [4.78, 5) is 10.4. The van der Waals surface area contributed by atoms with Gasteiger partial charge in [0.15, 0.2) is 0 Å². The Morgan fingerprint density at radius 1 is 1.33 bits per heavy atom. The molecule has 1 aromatic carbocycles. The molecule has 0 bridgehead atoms. The van der Waals surface area contributed by atoms with Gasteiger partial charge in [-0.05, 0) is 38.1 Å². The lowest BCUT2D eigenvalue weighted by Gasteiger charge is -2.13. The van der Waals surface area contributed by atoms with Gasteiger partial charge in [-0.3, -0.25) is 0 Å². The van der Waals surface area contributed by atoms with Crippen LogP contribution in [0.2, 0.25) is 0 Å². The summed E-state index contributed by atoms with van der Waals surface area (Å²) in [6.07, 6.45) is -0.943. The summed E-state index contributed by atoms with van der Waals surface area (Å²) in [6.45, 7) is 3.32. The summed E-state index contributed by atoms with van der Waals surface area (Å²) in [5.74, 6) is -0.974. The van der Waals surface area contributed by atoms with Gasteiger partial charge < -0.3 is 9.84 Å². The molecule has 6 heteroatoms. The maximum atomic E-state index is 12.6. The van der Waals surface area contributed by atoms with E-state index in [1.807, 2.05) is 0 Å². The van der Waals surface area contributed by atoms with Crippen LogP contribution in [0, 0.1) is 0 Å². The van der Waals surface area contributed by atoms with Crippen molar-refractivity contribution in [3.8, 4) is 5.75 Å². The number of carboxylic acid groups (broad SMARTS) is 1. The number of halogens is 3. The normalized spacial score (nSPS) is 14.2. The lowest BCUT2D eigenvalue weighted by atomic mass is 10.2. The van der Waals surface area contributed by atoms with E-state index < -0.39 is 23.8 Å². The van der Waals surface area contributed by atoms with Crippen molar-refractivity contribution in [2.45, 2.75) is 26.1 Å². The standard InChI is InChI=1S/C15H15F3O3/c1-10(6-7-14(19)20)8-11(2)21-13-5-3-4-12(9-13)15(16,17)18/h3-9,11H,1-2H3,(H,19,20)/b7-6+,10-8+. The van der Waals surface area contributed by atoms with Crippen molar-refractivity contribution < 1.29 is 27.8 Å². The molecule has 0 saturated carbocycles. The Morgan fingerprint density at radius 3 is 2.57 bits per heavy atom. The predicted octanol–water partition coefficient (Wildman–Crippen LogP) is 4.06. The molecule has 0 fully saturated rings. The quantitative estimate of drug-likeness (QED) is 0.659. The van der Waals surface area contributed by atoms with Crippen LogP contribution in [-0.4, -0.2) is 17.2 Å². The summed E-state index contributed by atoms with van der Waals surface area (Å²) in [6, 6.07) is 4.59. The fraction of sp³-hybridized carbons (Fsp3) is 0.267. The van der Waals surface area contributed by atoms with Gasteiger partial charge in [0.2, 0.25) is 0 Å². The van der Waals surface area contributed by atoms with Crippen LogP contribution in [0.4, 0.5) is 13.2 Å². The lowest BCUT2D eigenvalue weighted by molar-refractivity contribution is -0.137. The molecule has 1 unspecified atom stereocenters. The average molecular weight is 300 g/mol. The molecule has 21 heavy (non-hydrogen) atoms. The van der Waals surface area contributed by atoms with Crippen LogP contribution in [-0.2, 0) is 11.0 Å². The van der Waals surface area contributed by atoms with E-state index >= 15 is 0 Å². The highest BCUT2D eigenvalue weighted by Gasteiger charge is 2.30. The lowest BCUT2D eigenvalue weighted by Crippen LogP contribution is -2.10. The molecule has 0 saturated heterocycles. The highest BCUT2D eigenvalue weighted by Crippen LogP contribution is 2.31. The first-order chi connectivity index (χ1) is 9.68. The number of carbonyl (C=O) groups is 1. The average Bonchev–Trinajstić information content (AvgIpc) is 2.35. The van der Waals surface area contributed by atoms with Crippen LogP contribution in [0.25, 0.3) is 0 Å². The number of benzene rings is 1. The smallest absolute Gasteiger partial charge is 0.416 e. The maximum Gasteiger partial charge on any atom is 0.416 e. The Bertz CT molecular complexity index is 560. The van der Waals surface area contributed by atoms with E-state index in [1.165, 1.54) is 18.2 Å². The Balaban J connectivity index is 2.77. The molecule has 0 amide bonds. The summed E-state index contributed by atoms with van der Waals surface area (Å²) in [7, 11) is 0.